The predicted octanol–water partition coefficient (Wildman–Crippen LogP) is 2.46. The molecule has 0 saturated heterocycles. The Morgan fingerprint density at radius 3 is 2.56 bits per heavy atom. The Bertz CT molecular complexity index is 462. The fraction of sp³-hybridized carbons (Fsp3) is 0.0833. The summed E-state index contributed by atoms with van der Waals surface area (Å²) in [6, 6.07) is 9.23. The highest BCUT2D eigenvalue weighted by atomic mass is 32.1. The molecule has 0 radical (unpaired) electrons. The third kappa shape index (κ3) is 2.61. The molecule has 1 heterocycles. The molecule has 3 N–H and O–H groups in total. The molecule has 82 valence electrons. The van der Waals surface area contributed by atoms with Gasteiger partial charge in [0.15, 0.2) is 0 Å². The van der Waals surface area contributed by atoms with Crippen molar-refractivity contribution in [2.24, 2.45) is 5.73 Å². The van der Waals surface area contributed by atoms with Crippen molar-refractivity contribution in [3.05, 3.63) is 52.2 Å². The van der Waals surface area contributed by atoms with Gasteiger partial charge in [0, 0.05) is 17.8 Å². The fourth-order valence-corrected chi connectivity index (χ4v) is 2.02. The third-order valence-electron chi connectivity index (χ3n) is 2.25. The third-order valence-corrected chi connectivity index (χ3v) is 2.98. The summed E-state index contributed by atoms with van der Waals surface area (Å²) in [6.45, 7) is 0.791. The minimum Gasteiger partial charge on any atom is -0.381 e. The molecule has 4 heteroatoms. The van der Waals surface area contributed by atoms with Crippen LogP contribution in [0.2, 0.25) is 0 Å². The van der Waals surface area contributed by atoms with Crippen LogP contribution in [-0.2, 0) is 6.54 Å². The minimum absolute atomic E-state index is 0.399. The molecule has 0 bridgehead atoms. The molecule has 2 aromatic rings. The van der Waals surface area contributed by atoms with Gasteiger partial charge in [-0.1, -0.05) is 0 Å². The van der Waals surface area contributed by atoms with E-state index in [9.17, 15) is 4.79 Å². The van der Waals surface area contributed by atoms with Crippen molar-refractivity contribution >= 4 is 22.9 Å². The smallest absolute Gasteiger partial charge is 0.248 e. The van der Waals surface area contributed by atoms with E-state index < -0.39 is 5.91 Å². The second-order valence-electron chi connectivity index (χ2n) is 3.43. The molecule has 0 spiro atoms. The lowest BCUT2D eigenvalue weighted by atomic mass is 10.2. The fourth-order valence-electron chi connectivity index (χ4n) is 1.35. The number of hydrogen-bond acceptors (Lipinski definition) is 3. The highest BCUT2D eigenvalue weighted by Gasteiger charge is 1.99. The van der Waals surface area contributed by atoms with Crippen LogP contribution in [0.3, 0.4) is 0 Å². The summed E-state index contributed by atoms with van der Waals surface area (Å²) in [6.07, 6.45) is 0. The van der Waals surface area contributed by atoms with Gasteiger partial charge in [-0.05, 0) is 46.7 Å². The van der Waals surface area contributed by atoms with Crippen LogP contribution in [0, 0.1) is 0 Å². The van der Waals surface area contributed by atoms with Gasteiger partial charge in [-0.2, -0.15) is 11.3 Å². The maximum atomic E-state index is 10.9. The number of carbonyl (C=O) groups excluding carboxylic acids is 1. The van der Waals surface area contributed by atoms with Gasteiger partial charge >= 0.3 is 0 Å². The number of anilines is 1. The molecule has 0 saturated carbocycles. The summed E-state index contributed by atoms with van der Waals surface area (Å²) >= 11 is 1.68. The largest absolute Gasteiger partial charge is 0.381 e. The van der Waals surface area contributed by atoms with Crippen molar-refractivity contribution in [1.29, 1.82) is 0 Å². The quantitative estimate of drug-likeness (QED) is 0.850. The van der Waals surface area contributed by atoms with Crippen LogP contribution >= 0.6 is 11.3 Å². The summed E-state index contributed by atoms with van der Waals surface area (Å²) in [7, 11) is 0. The van der Waals surface area contributed by atoms with Crippen molar-refractivity contribution in [3.63, 3.8) is 0 Å². The minimum atomic E-state index is -0.399. The highest BCUT2D eigenvalue weighted by molar-refractivity contribution is 7.07. The zero-order valence-corrected chi connectivity index (χ0v) is 9.46. The molecule has 0 unspecified atom stereocenters. The van der Waals surface area contributed by atoms with Gasteiger partial charge in [0.1, 0.15) is 0 Å². The molecule has 1 aromatic heterocycles. The van der Waals surface area contributed by atoms with Crippen LogP contribution in [0.15, 0.2) is 41.1 Å². The first kappa shape index (κ1) is 10.7. The van der Waals surface area contributed by atoms with E-state index in [2.05, 4.69) is 16.8 Å². The number of nitrogens with two attached hydrogens (primary N) is 1. The summed E-state index contributed by atoms with van der Waals surface area (Å²) in [5.74, 6) is -0.399. The van der Waals surface area contributed by atoms with Gasteiger partial charge in [-0.15, -0.1) is 0 Å². The van der Waals surface area contributed by atoms with Crippen molar-refractivity contribution in [2.45, 2.75) is 6.54 Å². The first-order chi connectivity index (χ1) is 7.75. The van der Waals surface area contributed by atoms with E-state index in [-0.39, 0.29) is 0 Å². The van der Waals surface area contributed by atoms with Crippen LogP contribution in [0.5, 0.6) is 0 Å². The molecular weight excluding hydrogens is 220 g/mol. The van der Waals surface area contributed by atoms with E-state index in [1.165, 1.54) is 5.56 Å². The van der Waals surface area contributed by atoms with E-state index in [0.717, 1.165) is 12.2 Å². The van der Waals surface area contributed by atoms with Crippen molar-refractivity contribution < 1.29 is 4.79 Å². The van der Waals surface area contributed by atoms with Gasteiger partial charge in [0.25, 0.3) is 0 Å². The van der Waals surface area contributed by atoms with E-state index in [4.69, 9.17) is 5.73 Å². The topological polar surface area (TPSA) is 55.1 Å². The van der Waals surface area contributed by atoms with Gasteiger partial charge in [-0.3, -0.25) is 4.79 Å². The SMILES string of the molecule is NC(=O)c1ccc(NCc2ccsc2)cc1. The maximum Gasteiger partial charge on any atom is 0.248 e. The normalized spacial score (nSPS) is 10.0. The molecule has 1 aromatic carbocycles. The van der Waals surface area contributed by atoms with Crippen molar-refractivity contribution in [2.75, 3.05) is 5.32 Å². The molecule has 1 amide bonds. The molecule has 0 atom stereocenters. The number of rotatable bonds is 4. The first-order valence-electron chi connectivity index (χ1n) is 4.90. The monoisotopic (exact) mass is 232 g/mol. The Labute approximate surface area is 97.9 Å². The maximum absolute atomic E-state index is 10.9. The van der Waals surface area contributed by atoms with E-state index in [1.54, 1.807) is 23.5 Å². The average Bonchev–Trinajstić information content (AvgIpc) is 2.80. The Kier molecular flexibility index (Phi) is 3.22. The Morgan fingerprint density at radius 2 is 2.00 bits per heavy atom. The molecule has 16 heavy (non-hydrogen) atoms. The number of primary amides is 1. The second kappa shape index (κ2) is 4.81. The van der Waals surface area contributed by atoms with Crippen molar-refractivity contribution in [1.82, 2.24) is 0 Å². The number of nitrogens with one attached hydrogen (secondary N) is 1. The molecule has 0 aliphatic rings. The van der Waals surface area contributed by atoms with Crippen LogP contribution in [0.1, 0.15) is 15.9 Å². The summed E-state index contributed by atoms with van der Waals surface area (Å²) in [5, 5.41) is 7.42. The molecule has 0 fully saturated rings. The summed E-state index contributed by atoms with van der Waals surface area (Å²) < 4.78 is 0. The number of amides is 1. The van der Waals surface area contributed by atoms with Gasteiger partial charge in [0.05, 0.1) is 0 Å². The van der Waals surface area contributed by atoms with E-state index in [0.29, 0.717) is 5.56 Å². The van der Waals surface area contributed by atoms with Crippen LogP contribution in [0.25, 0.3) is 0 Å². The van der Waals surface area contributed by atoms with Crippen molar-refractivity contribution in [3.8, 4) is 0 Å². The van der Waals surface area contributed by atoms with Gasteiger partial charge < -0.3 is 11.1 Å². The van der Waals surface area contributed by atoms with E-state index in [1.807, 2.05) is 17.5 Å². The Hall–Kier alpha value is -1.81. The number of benzene rings is 1. The van der Waals surface area contributed by atoms with Crippen LogP contribution < -0.4 is 11.1 Å². The lowest BCUT2D eigenvalue weighted by molar-refractivity contribution is 0.100. The molecule has 2 rings (SSSR count). The summed E-state index contributed by atoms with van der Waals surface area (Å²) in [5.41, 5.74) is 7.92. The lowest BCUT2D eigenvalue weighted by Gasteiger charge is -2.05. The Morgan fingerprint density at radius 1 is 1.25 bits per heavy atom. The molecule has 3 nitrogen and oxygen atoms in total. The van der Waals surface area contributed by atoms with Crippen LogP contribution in [0.4, 0.5) is 5.69 Å². The molecular formula is C12H12N2OS. The lowest BCUT2D eigenvalue weighted by Crippen LogP contribution is -2.10. The van der Waals surface area contributed by atoms with E-state index >= 15 is 0 Å². The van der Waals surface area contributed by atoms with Crippen LogP contribution in [-0.4, -0.2) is 5.91 Å². The number of hydrogen-bond donors (Lipinski definition) is 2. The average molecular weight is 232 g/mol. The zero-order valence-electron chi connectivity index (χ0n) is 8.64. The first-order valence-corrected chi connectivity index (χ1v) is 5.85. The highest BCUT2D eigenvalue weighted by Crippen LogP contribution is 2.12. The van der Waals surface area contributed by atoms with Gasteiger partial charge in [0.2, 0.25) is 5.91 Å². The molecule has 0 aliphatic carbocycles. The predicted molar refractivity (Wildman–Crippen MR) is 66.6 cm³/mol. The standard InChI is InChI=1S/C12H12N2OS/c13-12(15)10-1-3-11(4-2-10)14-7-9-5-6-16-8-9/h1-6,8,14H,7H2,(H2,13,15). The number of carbonyl (C=O) groups is 1. The van der Waals surface area contributed by atoms with Gasteiger partial charge in [-0.25, -0.2) is 0 Å². The summed E-state index contributed by atoms with van der Waals surface area (Å²) in [4.78, 5) is 10.9. The Balaban J connectivity index is 1.98. The molecule has 0 aliphatic heterocycles. The number of thiophene rings is 1. The zero-order chi connectivity index (χ0) is 11.4. The second-order valence-corrected chi connectivity index (χ2v) is 4.21.